The summed E-state index contributed by atoms with van der Waals surface area (Å²) in [5.74, 6) is -1.23. The summed E-state index contributed by atoms with van der Waals surface area (Å²) in [6, 6.07) is 27.4. The Morgan fingerprint density at radius 2 is 1.44 bits per heavy atom. The number of rotatable bonds is 6. The molecule has 1 unspecified atom stereocenters. The lowest BCUT2D eigenvalue weighted by atomic mass is 9.68. The highest BCUT2D eigenvalue weighted by molar-refractivity contribution is 6.23. The molecule has 12 nitrogen and oxygen atoms in total. The second-order valence-corrected chi connectivity index (χ2v) is 18.2. The van der Waals surface area contributed by atoms with Gasteiger partial charge in [0.2, 0.25) is 17.7 Å². The van der Waals surface area contributed by atoms with Gasteiger partial charge in [0.1, 0.15) is 6.04 Å². The number of aryl methyl sites for hydroxylation is 1. The van der Waals surface area contributed by atoms with Crippen molar-refractivity contribution in [2.24, 2.45) is 5.41 Å². The van der Waals surface area contributed by atoms with Crippen molar-refractivity contribution in [2.75, 3.05) is 37.6 Å². The zero-order chi connectivity index (χ0) is 41.4. The van der Waals surface area contributed by atoms with Gasteiger partial charge in [-0.25, -0.2) is 0 Å². The highest BCUT2D eigenvalue weighted by atomic mass is 16.2. The van der Waals surface area contributed by atoms with Crippen LogP contribution >= 0.6 is 0 Å². The standard InChI is InChI=1S/C49H49N7O5/c57-43-15-14-42(46(59)51-43)56-47(60)38-24-32-27-53(28-33(32)25-39(38)48(56)61)29-44(58)55-22-18-49(19-23-55)16-20-54(21-17-49)34-8-6-31(7-9-34)45-35(30-4-2-1-3-5-30)10-11-36-37(45)12-13-41-40(36)26-50-52-41/h1-9,12-13,24-26,35,42,45H,10-11,14-23,27-29H2,(H,50,52)(H,51,57,59)/t35-,42?,45+/m0/s1. The Morgan fingerprint density at radius 3 is 2.13 bits per heavy atom. The fourth-order valence-electron chi connectivity index (χ4n) is 11.5. The number of imide groups is 2. The van der Waals surface area contributed by atoms with Crippen LogP contribution in [-0.2, 0) is 33.9 Å². The van der Waals surface area contributed by atoms with Crippen molar-refractivity contribution in [2.45, 2.75) is 82.3 Å². The van der Waals surface area contributed by atoms with Crippen LogP contribution in [0.2, 0.25) is 0 Å². The first-order valence-corrected chi connectivity index (χ1v) is 21.9. The molecule has 1 spiro atoms. The van der Waals surface area contributed by atoms with E-state index in [9.17, 15) is 24.0 Å². The van der Waals surface area contributed by atoms with Crippen LogP contribution < -0.4 is 10.2 Å². The first-order valence-electron chi connectivity index (χ1n) is 21.9. The number of nitrogens with zero attached hydrogens (tertiary/aromatic N) is 5. The molecule has 6 aliphatic rings. The largest absolute Gasteiger partial charge is 0.371 e. The van der Waals surface area contributed by atoms with Crippen LogP contribution in [-0.4, -0.2) is 93.2 Å². The van der Waals surface area contributed by atoms with E-state index in [1.165, 1.54) is 33.3 Å². The third kappa shape index (κ3) is 6.54. The minimum Gasteiger partial charge on any atom is -0.371 e. The van der Waals surface area contributed by atoms with Crippen LogP contribution in [0.1, 0.15) is 111 Å². The number of likely N-dealkylation sites (tertiary alicyclic amines) is 1. The number of benzene rings is 4. The van der Waals surface area contributed by atoms with Crippen molar-refractivity contribution in [3.8, 4) is 0 Å². The fraction of sp³-hybridized carbons (Fsp3) is 0.388. The topological polar surface area (TPSA) is 139 Å². The van der Waals surface area contributed by atoms with E-state index in [2.05, 4.69) is 92.0 Å². The lowest BCUT2D eigenvalue weighted by molar-refractivity contribution is -0.137. The SMILES string of the molecule is O=C1CCC(N2C(=O)c3cc4c(cc3C2=O)CN(CC(=O)N2CCC3(CC2)CCN(c2ccc([C@H]5c6ccc7[nH]ncc7c6CC[C@H]5c5ccccc5)cc2)CC3)C4)C(=O)N1. The Morgan fingerprint density at radius 1 is 0.754 bits per heavy atom. The maximum atomic E-state index is 13.6. The highest BCUT2D eigenvalue weighted by Crippen LogP contribution is 2.48. The molecule has 0 saturated carbocycles. The molecule has 0 radical (unpaired) electrons. The summed E-state index contributed by atoms with van der Waals surface area (Å²) >= 11 is 0. The number of amides is 5. The van der Waals surface area contributed by atoms with Crippen LogP contribution in [0.15, 0.2) is 85.1 Å². The van der Waals surface area contributed by atoms with E-state index < -0.39 is 29.7 Å². The average Bonchev–Trinajstić information content (AvgIpc) is 3.99. The van der Waals surface area contributed by atoms with Crippen molar-refractivity contribution in [1.82, 2.24) is 30.2 Å². The first kappa shape index (κ1) is 37.8. The van der Waals surface area contributed by atoms with Crippen molar-refractivity contribution in [3.05, 3.63) is 130 Å². The van der Waals surface area contributed by atoms with Crippen LogP contribution in [0.3, 0.4) is 0 Å². The van der Waals surface area contributed by atoms with Crippen LogP contribution in [0, 0.1) is 5.41 Å². The number of anilines is 1. The Labute approximate surface area is 354 Å². The number of H-pyrrole nitrogens is 1. The second-order valence-electron chi connectivity index (χ2n) is 18.2. The van der Waals surface area contributed by atoms with E-state index in [1.807, 2.05) is 11.1 Å². The molecule has 11 rings (SSSR count). The minimum atomic E-state index is -0.988. The number of aromatic amines is 1. The van der Waals surface area contributed by atoms with E-state index in [0.717, 1.165) is 86.2 Å². The van der Waals surface area contributed by atoms with Crippen molar-refractivity contribution in [3.63, 3.8) is 0 Å². The summed E-state index contributed by atoms with van der Waals surface area (Å²) in [5.41, 5.74) is 10.6. The number of hydrogen-bond donors (Lipinski definition) is 2. The maximum absolute atomic E-state index is 13.6. The number of piperidine rings is 3. The molecular weight excluding hydrogens is 767 g/mol. The number of fused-ring (bicyclic) bond motifs is 5. The molecular formula is C49H49N7O5. The third-order valence-electron chi connectivity index (χ3n) is 15.0. The molecule has 2 N–H and O–H groups in total. The van der Waals surface area contributed by atoms with Gasteiger partial charge in [-0.3, -0.25) is 44.2 Å². The van der Waals surface area contributed by atoms with Gasteiger partial charge in [0, 0.05) is 62.7 Å². The van der Waals surface area contributed by atoms with Gasteiger partial charge in [0.15, 0.2) is 0 Å². The van der Waals surface area contributed by atoms with Gasteiger partial charge < -0.3 is 9.80 Å². The van der Waals surface area contributed by atoms with Gasteiger partial charge in [0.25, 0.3) is 11.8 Å². The Hall–Kier alpha value is -6.14. The number of nitrogens with one attached hydrogen (secondary N) is 2. The summed E-state index contributed by atoms with van der Waals surface area (Å²) in [6.07, 6.45) is 8.60. The van der Waals surface area contributed by atoms with E-state index in [1.54, 1.807) is 12.1 Å². The zero-order valence-electron chi connectivity index (χ0n) is 34.2. The van der Waals surface area contributed by atoms with Crippen molar-refractivity contribution < 1.29 is 24.0 Å². The predicted octanol–water partition coefficient (Wildman–Crippen LogP) is 6.05. The first-order chi connectivity index (χ1) is 29.7. The van der Waals surface area contributed by atoms with Gasteiger partial charge in [0.05, 0.1) is 29.4 Å². The van der Waals surface area contributed by atoms with E-state index >= 15 is 0 Å². The molecule has 4 aromatic carbocycles. The Bertz CT molecular complexity index is 2560. The molecule has 1 aliphatic carbocycles. The number of aromatic nitrogens is 2. The molecule has 61 heavy (non-hydrogen) atoms. The predicted molar refractivity (Wildman–Crippen MR) is 229 cm³/mol. The molecule has 310 valence electrons. The molecule has 5 aromatic rings. The van der Waals surface area contributed by atoms with Gasteiger partial charge >= 0.3 is 0 Å². The van der Waals surface area contributed by atoms with Crippen LogP contribution in [0.25, 0.3) is 10.9 Å². The summed E-state index contributed by atoms with van der Waals surface area (Å²) in [7, 11) is 0. The molecule has 3 saturated heterocycles. The number of carbonyl (C=O) groups is 5. The van der Waals surface area contributed by atoms with Crippen LogP contribution in [0.5, 0.6) is 0 Å². The molecule has 1 aromatic heterocycles. The third-order valence-corrected chi connectivity index (χ3v) is 15.0. The fourth-order valence-corrected chi connectivity index (χ4v) is 11.5. The van der Waals surface area contributed by atoms with E-state index in [-0.39, 0.29) is 47.8 Å². The Kier molecular flexibility index (Phi) is 9.17. The summed E-state index contributed by atoms with van der Waals surface area (Å²) in [5, 5.41) is 11.0. The average molecular weight is 816 g/mol. The quantitative estimate of drug-likeness (QED) is 0.198. The Balaban J connectivity index is 0.698. The van der Waals surface area contributed by atoms with Crippen molar-refractivity contribution >= 4 is 46.1 Å². The summed E-state index contributed by atoms with van der Waals surface area (Å²) in [6.45, 7) is 4.86. The molecule has 3 fully saturated rings. The summed E-state index contributed by atoms with van der Waals surface area (Å²) < 4.78 is 0. The lowest BCUT2D eigenvalue weighted by Crippen LogP contribution is -2.54. The molecule has 5 aliphatic heterocycles. The van der Waals surface area contributed by atoms with Gasteiger partial charge in [-0.2, -0.15) is 5.10 Å². The highest BCUT2D eigenvalue weighted by Gasteiger charge is 2.46. The number of hydrogen-bond acceptors (Lipinski definition) is 8. The second kappa shape index (κ2) is 14.8. The zero-order valence-corrected chi connectivity index (χ0v) is 34.2. The van der Waals surface area contributed by atoms with E-state index in [0.29, 0.717) is 19.0 Å². The van der Waals surface area contributed by atoms with Gasteiger partial charge in [-0.15, -0.1) is 0 Å². The molecule has 3 atom stereocenters. The normalized spacial score (nSPS) is 23.7. The lowest BCUT2D eigenvalue weighted by Gasteiger charge is -2.47. The molecule has 6 heterocycles. The van der Waals surface area contributed by atoms with Crippen molar-refractivity contribution in [1.29, 1.82) is 0 Å². The van der Waals surface area contributed by atoms with Gasteiger partial charge in [-0.1, -0.05) is 48.5 Å². The minimum absolute atomic E-state index is 0.0831. The number of carbonyl (C=O) groups excluding carboxylic acids is 5. The van der Waals surface area contributed by atoms with Gasteiger partial charge in [-0.05, 0) is 120 Å². The van der Waals surface area contributed by atoms with Crippen LogP contribution in [0.4, 0.5) is 5.69 Å². The summed E-state index contributed by atoms with van der Waals surface area (Å²) in [4.78, 5) is 72.1. The van der Waals surface area contributed by atoms with E-state index in [4.69, 9.17) is 0 Å². The smallest absolute Gasteiger partial charge is 0.262 e. The maximum Gasteiger partial charge on any atom is 0.262 e. The molecule has 5 amide bonds. The molecule has 0 bridgehead atoms. The monoisotopic (exact) mass is 815 g/mol. The molecule has 12 heteroatoms.